The molecular formula is C13H15F3N2O3. The number of nitrogens with one attached hydrogen (secondary N) is 2. The summed E-state index contributed by atoms with van der Waals surface area (Å²) in [6.45, 7) is -0.0328. The van der Waals surface area contributed by atoms with Crippen LogP contribution in [0.3, 0.4) is 0 Å². The number of alkyl halides is 3. The lowest BCUT2D eigenvalue weighted by Gasteiger charge is -2.09. The first-order chi connectivity index (χ1) is 9.76. The Morgan fingerprint density at radius 2 is 1.95 bits per heavy atom. The Bertz CT molecular complexity index is 504. The molecule has 5 nitrogen and oxygen atoms in total. The van der Waals surface area contributed by atoms with Crippen molar-refractivity contribution >= 4 is 17.7 Å². The summed E-state index contributed by atoms with van der Waals surface area (Å²) in [5.41, 5.74) is 0.804. The minimum Gasteiger partial charge on any atom is -0.481 e. The number of carboxylic acid groups (broad SMARTS) is 1. The number of hydrogen-bond donors (Lipinski definition) is 3. The fourth-order valence-corrected chi connectivity index (χ4v) is 1.55. The van der Waals surface area contributed by atoms with E-state index in [0.717, 1.165) is 0 Å². The lowest BCUT2D eigenvalue weighted by molar-refractivity contribution is -0.137. The predicted molar refractivity (Wildman–Crippen MR) is 70.1 cm³/mol. The van der Waals surface area contributed by atoms with Gasteiger partial charge in [-0.05, 0) is 24.1 Å². The second kappa shape index (κ2) is 7.51. The van der Waals surface area contributed by atoms with Gasteiger partial charge in [-0.3, -0.25) is 4.79 Å². The highest BCUT2D eigenvalue weighted by molar-refractivity contribution is 5.89. The van der Waals surface area contributed by atoms with Crippen LogP contribution in [0, 0.1) is 0 Å². The van der Waals surface area contributed by atoms with E-state index in [9.17, 15) is 22.8 Å². The van der Waals surface area contributed by atoms with E-state index >= 15 is 0 Å². The van der Waals surface area contributed by atoms with Gasteiger partial charge in [0.1, 0.15) is 0 Å². The molecule has 0 atom stereocenters. The van der Waals surface area contributed by atoms with Gasteiger partial charge in [-0.2, -0.15) is 13.2 Å². The molecule has 1 aromatic rings. The molecule has 116 valence electrons. The van der Waals surface area contributed by atoms with Gasteiger partial charge in [0, 0.05) is 18.7 Å². The fraction of sp³-hybridized carbons (Fsp3) is 0.385. The highest BCUT2D eigenvalue weighted by Gasteiger charge is 2.26. The molecule has 0 aliphatic rings. The van der Waals surface area contributed by atoms with E-state index in [2.05, 4.69) is 10.6 Å². The van der Waals surface area contributed by atoms with Crippen molar-refractivity contribution in [2.75, 3.05) is 11.9 Å². The van der Waals surface area contributed by atoms with E-state index in [1.807, 2.05) is 0 Å². The van der Waals surface area contributed by atoms with E-state index in [4.69, 9.17) is 5.11 Å². The lowest BCUT2D eigenvalue weighted by atomic mass is 10.1. The molecule has 0 saturated carbocycles. The van der Waals surface area contributed by atoms with Crippen LogP contribution in [0.15, 0.2) is 24.3 Å². The second-order valence-corrected chi connectivity index (χ2v) is 4.34. The average molecular weight is 304 g/mol. The maximum Gasteiger partial charge on any atom is 0.389 e. The number of urea groups is 1. The molecule has 0 aliphatic carbocycles. The zero-order valence-corrected chi connectivity index (χ0v) is 11.0. The van der Waals surface area contributed by atoms with Crippen molar-refractivity contribution in [2.45, 2.75) is 25.4 Å². The number of carbonyl (C=O) groups excluding carboxylic acids is 1. The van der Waals surface area contributed by atoms with Crippen molar-refractivity contribution < 1.29 is 27.9 Å². The summed E-state index contributed by atoms with van der Waals surface area (Å²) in [5, 5.41) is 13.2. The van der Waals surface area contributed by atoms with Crippen LogP contribution in [-0.4, -0.2) is 29.8 Å². The number of aliphatic carboxylic acids is 1. The first-order valence-corrected chi connectivity index (χ1v) is 6.18. The summed E-state index contributed by atoms with van der Waals surface area (Å²) >= 11 is 0. The minimum absolute atomic E-state index is 0.0328. The summed E-state index contributed by atoms with van der Waals surface area (Å²) in [4.78, 5) is 21.7. The number of benzene rings is 1. The molecule has 0 radical (unpaired) electrons. The Labute approximate surface area is 119 Å². The summed E-state index contributed by atoms with van der Waals surface area (Å²) in [6.07, 6.45) is -5.53. The van der Waals surface area contributed by atoms with E-state index in [-0.39, 0.29) is 19.4 Å². The molecule has 0 saturated heterocycles. The fourth-order valence-electron chi connectivity index (χ4n) is 1.55. The van der Waals surface area contributed by atoms with E-state index < -0.39 is 24.6 Å². The number of carbonyl (C=O) groups is 2. The van der Waals surface area contributed by atoms with Crippen molar-refractivity contribution in [1.29, 1.82) is 0 Å². The van der Waals surface area contributed by atoms with Crippen LogP contribution in [0.5, 0.6) is 0 Å². The molecule has 8 heteroatoms. The largest absolute Gasteiger partial charge is 0.481 e. The number of aryl methyl sites for hydroxylation is 1. The van der Waals surface area contributed by atoms with Gasteiger partial charge in [-0.25, -0.2) is 4.79 Å². The Morgan fingerprint density at radius 3 is 2.57 bits per heavy atom. The Hall–Kier alpha value is -2.25. The summed E-state index contributed by atoms with van der Waals surface area (Å²) < 4.78 is 36.4. The van der Waals surface area contributed by atoms with Gasteiger partial charge in [-0.1, -0.05) is 12.1 Å². The molecule has 2 amide bonds. The maximum atomic E-state index is 12.1. The van der Waals surface area contributed by atoms with Gasteiger partial charge in [0.05, 0.1) is 6.42 Å². The predicted octanol–water partition coefficient (Wildman–Crippen LogP) is 2.78. The van der Waals surface area contributed by atoms with Crippen molar-refractivity contribution in [1.82, 2.24) is 5.32 Å². The van der Waals surface area contributed by atoms with Crippen LogP contribution >= 0.6 is 0 Å². The van der Waals surface area contributed by atoms with Gasteiger partial charge >= 0.3 is 18.2 Å². The third kappa shape index (κ3) is 7.81. The van der Waals surface area contributed by atoms with E-state index in [0.29, 0.717) is 11.3 Å². The number of rotatable bonds is 6. The summed E-state index contributed by atoms with van der Waals surface area (Å²) in [7, 11) is 0. The van der Waals surface area contributed by atoms with Crippen LogP contribution in [-0.2, 0) is 11.2 Å². The molecule has 1 aromatic carbocycles. The van der Waals surface area contributed by atoms with Crippen molar-refractivity contribution in [2.24, 2.45) is 0 Å². The van der Waals surface area contributed by atoms with Gasteiger partial charge < -0.3 is 15.7 Å². The Morgan fingerprint density at radius 1 is 1.24 bits per heavy atom. The number of carboxylic acids is 1. The van der Waals surface area contributed by atoms with Crippen LogP contribution in [0.25, 0.3) is 0 Å². The van der Waals surface area contributed by atoms with Crippen molar-refractivity contribution in [3.63, 3.8) is 0 Å². The van der Waals surface area contributed by atoms with Crippen molar-refractivity contribution in [3.8, 4) is 0 Å². The third-order valence-corrected chi connectivity index (χ3v) is 2.51. The van der Waals surface area contributed by atoms with Crippen LogP contribution < -0.4 is 10.6 Å². The molecule has 0 spiro atoms. The van der Waals surface area contributed by atoms with Crippen molar-refractivity contribution in [3.05, 3.63) is 29.8 Å². The molecule has 0 fully saturated rings. The second-order valence-electron chi connectivity index (χ2n) is 4.34. The van der Waals surface area contributed by atoms with Gasteiger partial charge in [0.15, 0.2) is 0 Å². The molecule has 0 heterocycles. The van der Waals surface area contributed by atoms with Gasteiger partial charge in [-0.15, -0.1) is 0 Å². The highest BCUT2D eigenvalue weighted by Crippen LogP contribution is 2.23. The molecule has 3 N–H and O–H groups in total. The number of amides is 2. The lowest BCUT2D eigenvalue weighted by Crippen LogP contribution is -2.30. The van der Waals surface area contributed by atoms with E-state index in [1.54, 1.807) is 12.1 Å². The number of anilines is 1. The first-order valence-electron chi connectivity index (χ1n) is 6.18. The van der Waals surface area contributed by atoms with Gasteiger partial charge in [0.25, 0.3) is 0 Å². The molecular weight excluding hydrogens is 289 g/mol. The molecule has 0 aliphatic heterocycles. The Kier molecular flexibility index (Phi) is 6.01. The number of hydrogen-bond acceptors (Lipinski definition) is 2. The SMILES string of the molecule is O=C(O)CCNC(=O)Nc1cccc(CCC(F)(F)F)c1. The average Bonchev–Trinajstić information content (AvgIpc) is 2.35. The van der Waals surface area contributed by atoms with Crippen LogP contribution in [0.4, 0.5) is 23.7 Å². The van der Waals surface area contributed by atoms with Crippen LogP contribution in [0.1, 0.15) is 18.4 Å². The minimum atomic E-state index is -4.22. The standard InChI is InChI=1S/C13H15F3N2O3/c14-13(15,16)6-4-9-2-1-3-10(8-9)18-12(21)17-7-5-11(19)20/h1-3,8H,4-7H2,(H,19,20)(H2,17,18,21). The number of halogens is 3. The molecule has 0 unspecified atom stereocenters. The zero-order valence-electron chi connectivity index (χ0n) is 11.0. The van der Waals surface area contributed by atoms with Crippen LogP contribution in [0.2, 0.25) is 0 Å². The summed E-state index contributed by atoms with van der Waals surface area (Å²) in [6, 6.07) is 5.46. The molecule has 1 rings (SSSR count). The first kappa shape index (κ1) is 16.8. The van der Waals surface area contributed by atoms with E-state index in [1.165, 1.54) is 12.1 Å². The zero-order chi connectivity index (χ0) is 15.9. The third-order valence-electron chi connectivity index (χ3n) is 2.51. The smallest absolute Gasteiger partial charge is 0.389 e. The Balaban J connectivity index is 2.48. The maximum absolute atomic E-state index is 12.1. The molecule has 0 aromatic heterocycles. The highest BCUT2D eigenvalue weighted by atomic mass is 19.4. The monoisotopic (exact) mass is 304 g/mol. The molecule has 0 bridgehead atoms. The topological polar surface area (TPSA) is 78.4 Å². The normalized spacial score (nSPS) is 11.0. The van der Waals surface area contributed by atoms with Gasteiger partial charge in [0.2, 0.25) is 0 Å². The summed E-state index contributed by atoms with van der Waals surface area (Å²) in [5.74, 6) is -1.04. The quantitative estimate of drug-likeness (QED) is 0.756. The molecule has 21 heavy (non-hydrogen) atoms.